The molecule has 1 amide bonds. The van der Waals surface area contributed by atoms with Crippen molar-refractivity contribution in [2.24, 2.45) is 5.92 Å². The Morgan fingerprint density at radius 2 is 2.21 bits per heavy atom. The average molecular weight is 257 g/mol. The Kier molecular flexibility index (Phi) is 4.53. The minimum absolute atomic E-state index is 0.0128. The van der Waals surface area contributed by atoms with E-state index in [-0.39, 0.29) is 5.91 Å². The van der Waals surface area contributed by atoms with E-state index >= 15 is 0 Å². The SMILES string of the molecule is CC1CCCN(CC(=O)Nc2ccc(C#N)cc2)C1. The molecule has 1 aromatic rings. The maximum atomic E-state index is 11.9. The zero-order valence-electron chi connectivity index (χ0n) is 11.2. The number of nitrogens with zero attached hydrogens (tertiary/aromatic N) is 2. The second-order valence-electron chi connectivity index (χ2n) is 5.22. The first kappa shape index (κ1) is 13.6. The number of carbonyl (C=O) groups is 1. The normalized spacial score (nSPS) is 19.7. The van der Waals surface area contributed by atoms with Gasteiger partial charge < -0.3 is 5.32 Å². The van der Waals surface area contributed by atoms with Crippen LogP contribution in [0.1, 0.15) is 25.3 Å². The molecule has 0 aromatic heterocycles. The maximum Gasteiger partial charge on any atom is 0.238 e. The molecule has 1 unspecified atom stereocenters. The van der Waals surface area contributed by atoms with Crippen LogP contribution in [0, 0.1) is 17.2 Å². The van der Waals surface area contributed by atoms with E-state index in [9.17, 15) is 4.79 Å². The molecule has 0 spiro atoms. The van der Waals surface area contributed by atoms with Gasteiger partial charge in [0.05, 0.1) is 18.2 Å². The van der Waals surface area contributed by atoms with Crippen LogP contribution in [0.3, 0.4) is 0 Å². The van der Waals surface area contributed by atoms with Gasteiger partial charge in [-0.2, -0.15) is 5.26 Å². The molecule has 0 saturated carbocycles. The minimum atomic E-state index is 0.0128. The molecule has 0 aliphatic carbocycles. The van der Waals surface area contributed by atoms with Crippen molar-refractivity contribution >= 4 is 11.6 Å². The van der Waals surface area contributed by atoms with E-state index in [1.807, 2.05) is 0 Å². The smallest absolute Gasteiger partial charge is 0.238 e. The fraction of sp³-hybridized carbons (Fsp3) is 0.467. The molecular formula is C15H19N3O. The molecule has 1 aromatic carbocycles. The summed E-state index contributed by atoms with van der Waals surface area (Å²) in [5.74, 6) is 0.690. The third-order valence-electron chi connectivity index (χ3n) is 3.41. The zero-order chi connectivity index (χ0) is 13.7. The third kappa shape index (κ3) is 4.08. The van der Waals surface area contributed by atoms with Gasteiger partial charge in [0.15, 0.2) is 0 Å². The third-order valence-corrected chi connectivity index (χ3v) is 3.41. The Balaban J connectivity index is 1.85. The molecule has 0 radical (unpaired) electrons. The summed E-state index contributed by atoms with van der Waals surface area (Å²) >= 11 is 0. The van der Waals surface area contributed by atoms with Crippen molar-refractivity contribution in [3.05, 3.63) is 29.8 Å². The number of benzene rings is 1. The van der Waals surface area contributed by atoms with Crippen LogP contribution >= 0.6 is 0 Å². The number of rotatable bonds is 3. The lowest BCUT2D eigenvalue weighted by Crippen LogP contribution is -2.39. The van der Waals surface area contributed by atoms with Crippen molar-refractivity contribution in [3.63, 3.8) is 0 Å². The van der Waals surface area contributed by atoms with Crippen LogP contribution in [0.5, 0.6) is 0 Å². The molecule has 1 saturated heterocycles. The van der Waals surface area contributed by atoms with E-state index in [1.54, 1.807) is 24.3 Å². The minimum Gasteiger partial charge on any atom is -0.325 e. The molecule has 1 fully saturated rings. The second-order valence-corrected chi connectivity index (χ2v) is 5.22. The Hall–Kier alpha value is -1.86. The van der Waals surface area contributed by atoms with Gasteiger partial charge in [-0.1, -0.05) is 6.92 Å². The summed E-state index contributed by atoms with van der Waals surface area (Å²) in [5.41, 5.74) is 1.34. The molecule has 0 bridgehead atoms. The number of carbonyl (C=O) groups excluding carboxylic acids is 1. The molecule has 100 valence electrons. The fourth-order valence-corrected chi connectivity index (χ4v) is 2.46. The molecule has 1 aliphatic heterocycles. The van der Waals surface area contributed by atoms with Crippen LogP contribution in [0.25, 0.3) is 0 Å². The van der Waals surface area contributed by atoms with Gasteiger partial charge in [-0.25, -0.2) is 0 Å². The molecule has 1 aliphatic rings. The molecule has 1 heterocycles. The van der Waals surface area contributed by atoms with Crippen molar-refractivity contribution < 1.29 is 4.79 Å². The number of hydrogen-bond acceptors (Lipinski definition) is 3. The Bertz CT molecular complexity index is 475. The predicted molar refractivity (Wildman–Crippen MR) is 74.6 cm³/mol. The molecule has 4 nitrogen and oxygen atoms in total. The largest absolute Gasteiger partial charge is 0.325 e. The van der Waals surface area contributed by atoms with Gasteiger partial charge in [0, 0.05) is 12.2 Å². The van der Waals surface area contributed by atoms with Crippen LogP contribution in [-0.2, 0) is 4.79 Å². The topological polar surface area (TPSA) is 56.1 Å². The van der Waals surface area contributed by atoms with Crippen LogP contribution in [0.4, 0.5) is 5.69 Å². The average Bonchev–Trinajstić information content (AvgIpc) is 2.39. The first-order chi connectivity index (χ1) is 9.17. The van der Waals surface area contributed by atoms with E-state index in [2.05, 4.69) is 23.2 Å². The van der Waals surface area contributed by atoms with Crippen LogP contribution < -0.4 is 5.32 Å². The number of likely N-dealkylation sites (tertiary alicyclic amines) is 1. The van der Waals surface area contributed by atoms with Crippen LogP contribution in [-0.4, -0.2) is 30.4 Å². The van der Waals surface area contributed by atoms with Crippen molar-refractivity contribution in [2.75, 3.05) is 25.0 Å². The molecule has 2 rings (SSSR count). The first-order valence-corrected chi connectivity index (χ1v) is 6.70. The Morgan fingerprint density at radius 1 is 1.47 bits per heavy atom. The highest BCUT2D eigenvalue weighted by Crippen LogP contribution is 2.15. The Morgan fingerprint density at radius 3 is 2.84 bits per heavy atom. The molecule has 1 atom stereocenters. The van der Waals surface area contributed by atoms with Gasteiger partial charge in [-0.3, -0.25) is 9.69 Å². The molecule has 19 heavy (non-hydrogen) atoms. The van der Waals surface area contributed by atoms with Crippen molar-refractivity contribution in [1.29, 1.82) is 5.26 Å². The first-order valence-electron chi connectivity index (χ1n) is 6.70. The monoisotopic (exact) mass is 257 g/mol. The zero-order valence-corrected chi connectivity index (χ0v) is 11.2. The summed E-state index contributed by atoms with van der Waals surface area (Å²) in [6.07, 6.45) is 2.43. The van der Waals surface area contributed by atoms with E-state index in [1.165, 1.54) is 12.8 Å². The van der Waals surface area contributed by atoms with E-state index < -0.39 is 0 Å². The van der Waals surface area contributed by atoms with E-state index in [0.717, 1.165) is 18.8 Å². The summed E-state index contributed by atoms with van der Waals surface area (Å²) in [5, 5.41) is 11.6. The van der Waals surface area contributed by atoms with Crippen molar-refractivity contribution in [1.82, 2.24) is 4.90 Å². The highest BCUT2D eigenvalue weighted by Gasteiger charge is 2.18. The maximum absolute atomic E-state index is 11.9. The summed E-state index contributed by atoms with van der Waals surface area (Å²) in [7, 11) is 0. The lowest BCUT2D eigenvalue weighted by Gasteiger charge is -2.30. The van der Waals surface area contributed by atoms with Gasteiger partial charge >= 0.3 is 0 Å². The lowest BCUT2D eigenvalue weighted by molar-refractivity contribution is -0.117. The number of hydrogen-bond donors (Lipinski definition) is 1. The molecular weight excluding hydrogens is 238 g/mol. The second kappa shape index (κ2) is 6.35. The highest BCUT2D eigenvalue weighted by atomic mass is 16.2. The lowest BCUT2D eigenvalue weighted by atomic mass is 10.0. The Labute approximate surface area is 114 Å². The highest BCUT2D eigenvalue weighted by molar-refractivity contribution is 5.92. The van der Waals surface area contributed by atoms with Gasteiger partial charge in [0.1, 0.15) is 0 Å². The molecule has 1 N–H and O–H groups in total. The van der Waals surface area contributed by atoms with Crippen molar-refractivity contribution in [2.45, 2.75) is 19.8 Å². The fourth-order valence-electron chi connectivity index (χ4n) is 2.46. The summed E-state index contributed by atoms with van der Waals surface area (Å²) in [6.45, 7) is 4.68. The number of nitriles is 1. The number of anilines is 1. The molecule has 4 heteroatoms. The summed E-state index contributed by atoms with van der Waals surface area (Å²) in [6, 6.07) is 8.99. The standard InChI is InChI=1S/C15H19N3O/c1-12-3-2-8-18(10-12)11-15(19)17-14-6-4-13(9-16)5-7-14/h4-7,12H,2-3,8,10-11H2,1H3,(H,17,19). The van der Waals surface area contributed by atoms with Gasteiger partial charge in [-0.15, -0.1) is 0 Å². The van der Waals surface area contributed by atoms with Crippen LogP contribution in [0.15, 0.2) is 24.3 Å². The van der Waals surface area contributed by atoms with Gasteiger partial charge in [0.25, 0.3) is 0 Å². The summed E-state index contributed by atoms with van der Waals surface area (Å²) in [4.78, 5) is 14.1. The number of nitrogens with one attached hydrogen (secondary N) is 1. The van der Waals surface area contributed by atoms with Gasteiger partial charge in [-0.05, 0) is 49.6 Å². The predicted octanol–water partition coefficient (Wildman–Crippen LogP) is 2.23. The summed E-state index contributed by atoms with van der Waals surface area (Å²) < 4.78 is 0. The van der Waals surface area contributed by atoms with E-state index in [4.69, 9.17) is 5.26 Å². The van der Waals surface area contributed by atoms with Crippen LogP contribution in [0.2, 0.25) is 0 Å². The van der Waals surface area contributed by atoms with Gasteiger partial charge in [0.2, 0.25) is 5.91 Å². The number of amides is 1. The van der Waals surface area contributed by atoms with E-state index in [0.29, 0.717) is 18.0 Å². The number of piperidine rings is 1. The van der Waals surface area contributed by atoms with Crippen molar-refractivity contribution in [3.8, 4) is 6.07 Å². The quantitative estimate of drug-likeness (QED) is 0.903.